The zero-order valence-electron chi connectivity index (χ0n) is 12.3. The number of nitrogens with two attached hydrogens (primary N) is 1. The molecule has 0 radical (unpaired) electrons. The van der Waals surface area contributed by atoms with Gasteiger partial charge in [0.2, 0.25) is 0 Å². The predicted molar refractivity (Wildman–Crippen MR) is 78.8 cm³/mol. The lowest BCUT2D eigenvalue weighted by Gasteiger charge is -2.34. The van der Waals surface area contributed by atoms with Gasteiger partial charge in [0.25, 0.3) is 10.2 Å². The molecule has 20 heavy (non-hydrogen) atoms. The third kappa shape index (κ3) is 3.83. The molecule has 1 saturated carbocycles. The van der Waals surface area contributed by atoms with Crippen LogP contribution in [0.5, 0.6) is 0 Å². The second kappa shape index (κ2) is 7.24. The smallest absolute Gasteiger partial charge is 0.280 e. The number of oxime groups is 1. The molecule has 0 aromatic carbocycles. The van der Waals surface area contributed by atoms with Crippen LogP contribution in [0.1, 0.15) is 52.4 Å². The lowest BCUT2D eigenvalue weighted by atomic mass is 9.90. The molecule has 0 bridgehead atoms. The van der Waals surface area contributed by atoms with Gasteiger partial charge in [-0.05, 0) is 12.8 Å². The molecule has 8 heteroatoms. The van der Waals surface area contributed by atoms with Crippen LogP contribution in [0.2, 0.25) is 0 Å². The second-order valence-electron chi connectivity index (χ2n) is 5.17. The van der Waals surface area contributed by atoms with E-state index in [0.29, 0.717) is 25.9 Å². The molecular weight excluding hydrogens is 280 g/mol. The molecule has 1 aliphatic rings. The monoisotopic (exact) mass is 306 g/mol. The fourth-order valence-electron chi connectivity index (χ4n) is 2.71. The normalized spacial score (nSPS) is 20.9. The van der Waals surface area contributed by atoms with Crippen LogP contribution >= 0.6 is 0 Å². The van der Waals surface area contributed by atoms with Crippen LogP contribution in [0.15, 0.2) is 5.16 Å². The molecule has 0 aliphatic heterocycles. The van der Waals surface area contributed by atoms with Gasteiger partial charge in [-0.25, -0.2) is 0 Å². The third-order valence-corrected chi connectivity index (χ3v) is 5.77. The molecular formula is C12H26N4O3S. The van der Waals surface area contributed by atoms with Gasteiger partial charge in [-0.15, -0.1) is 0 Å². The Bertz CT molecular complexity index is 424. The number of hydrogen-bond donors (Lipinski definition) is 3. The molecule has 1 fully saturated rings. The largest absolute Gasteiger partial charge is 0.409 e. The number of nitrogens with one attached hydrogen (secondary N) is 1. The average molecular weight is 306 g/mol. The maximum absolute atomic E-state index is 12.4. The summed E-state index contributed by atoms with van der Waals surface area (Å²) in [6.07, 6.45) is 4.90. The zero-order valence-corrected chi connectivity index (χ0v) is 13.1. The first-order chi connectivity index (χ1) is 9.41. The Morgan fingerprint density at radius 1 is 1.25 bits per heavy atom. The third-order valence-electron chi connectivity index (χ3n) is 3.92. The van der Waals surface area contributed by atoms with Crippen LogP contribution in [0.25, 0.3) is 0 Å². The molecule has 0 aromatic rings. The molecule has 0 unspecified atom stereocenters. The van der Waals surface area contributed by atoms with E-state index in [2.05, 4.69) is 9.88 Å². The highest BCUT2D eigenvalue weighted by Gasteiger charge is 2.40. The molecule has 118 valence electrons. The second-order valence-corrected chi connectivity index (χ2v) is 6.84. The van der Waals surface area contributed by atoms with E-state index in [1.165, 1.54) is 4.31 Å². The van der Waals surface area contributed by atoms with E-state index in [0.717, 1.165) is 25.7 Å². The molecule has 0 aromatic heterocycles. The van der Waals surface area contributed by atoms with Crippen LogP contribution in [0, 0.1) is 0 Å². The van der Waals surface area contributed by atoms with E-state index in [-0.39, 0.29) is 5.84 Å². The Morgan fingerprint density at radius 3 is 2.15 bits per heavy atom. The van der Waals surface area contributed by atoms with Crippen LogP contribution < -0.4 is 10.5 Å². The van der Waals surface area contributed by atoms with Crippen molar-refractivity contribution in [3.05, 3.63) is 0 Å². The summed E-state index contributed by atoms with van der Waals surface area (Å²) in [6.45, 7) is 4.34. The highest BCUT2D eigenvalue weighted by molar-refractivity contribution is 7.87. The van der Waals surface area contributed by atoms with E-state index in [4.69, 9.17) is 10.9 Å². The average Bonchev–Trinajstić information content (AvgIpc) is 2.64. The molecule has 0 amide bonds. The van der Waals surface area contributed by atoms with Crippen LogP contribution in [0.3, 0.4) is 0 Å². The first-order valence-electron chi connectivity index (χ1n) is 7.19. The van der Waals surface area contributed by atoms with Crippen molar-refractivity contribution in [1.82, 2.24) is 9.03 Å². The summed E-state index contributed by atoms with van der Waals surface area (Å²) in [5, 5.41) is 12.1. The maximum Gasteiger partial charge on any atom is 0.280 e. The van der Waals surface area contributed by atoms with Crippen molar-refractivity contribution in [1.29, 1.82) is 0 Å². The van der Waals surface area contributed by atoms with Crippen molar-refractivity contribution in [2.45, 2.75) is 57.9 Å². The number of rotatable bonds is 6. The van der Waals surface area contributed by atoms with Gasteiger partial charge in [-0.1, -0.05) is 44.7 Å². The number of nitrogens with zero attached hydrogens (tertiary/aromatic N) is 2. The minimum atomic E-state index is -3.64. The van der Waals surface area contributed by atoms with Crippen molar-refractivity contribution >= 4 is 16.0 Å². The molecule has 1 rings (SSSR count). The van der Waals surface area contributed by atoms with E-state index in [1.54, 1.807) is 13.8 Å². The zero-order chi connectivity index (χ0) is 15.2. The summed E-state index contributed by atoms with van der Waals surface area (Å²) in [5.74, 6) is -0.0462. The highest BCUT2D eigenvalue weighted by atomic mass is 32.2. The Morgan fingerprint density at radius 2 is 1.75 bits per heavy atom. The van der Waals surface area contributed by atoms with Crippen molar-refractivity contribution in [2.24, 2.45) is 10.9 Å². The van der Waals surface area contributed by atoms with Gasteiger partial charge in [0, 0.05) is 13.1 Å². The summed E-state index contributed by atoms with van der Waals surface area (Å²) in [6, 6.07) is 0. The SMILES string of the molecule is CCN(CC)S(=O)(=O)NC1(/C(N)=N/O)CCCCCC1. The molecule has 0 heterocycles. The fraction of sp³-hybridized carbons (Fsp3) is 0.917. The van der Waals surface area contributed by atoms with Crippen molar-refractivity contribution < 1.29 is 13.6 Å². The Hall–Kier alpha value is -0.860. The molecule has 4 N–H and O–H groups in total. The first-order valence-corrected chi connectivity index (χ1v) is 8.63. The Labute approximate surface area is 121 Å². The Balaban J connectivity index is 3.07. The first kappa shape index (κ1) is 17.2. The minimum Gasteiger partial charge on any atom is -0.409 e. The standard InChI is InChI=1S/C12H26N4O3S/c1-3-16(4-2)20(18,19)15-12(11(13)14-17)9-7-5-6-8-10-12/h15,17H,3-10H2,1-2H3,(H2,13,14). The lowest BCUT2D eigenvalue weighted by Crippen LogP contribution is -2.60. The molecule has 0 saturated heterocycles. The summed E-state index contributed by atoms with van der Waals surface area (Å²) < 4.78 is 28.9. The van der Waals surface area contributed by atoms with Gasteiger partial charge in [0.15, 0.2) is 5.84 Å². The van der Waals surface area contributed by atoms with Gasteiger partial charge in [-0.3, -0.25) is 0 Å². The number of hydrogen-bond acceptors (Lipinski definition) is 4. The van der Waals surface area contributed by atoms with Gasteiger partial charge in [-0.2, -0.15) is 17.4 Å². The summed E-state index contributed by atoms with van der Waals surface area (Å²) in [4.78, 5) is 0. The molecule has 7 nitrogen and oxygen atoms in total. The fourth-order valence-corrected chi connectivity index (χ4v) is 4.32. The van der Waals surface area contributed by atoms with Crippen LogP contribution in [-0.2, 0) is 10.2 Å². The van der Waals surface area contributed by atoms with Gasteiger partial charge in [0.1, 0.15) is 0 Å². The van der Waals surface area contributed by atoms with Gasteiger partial charge < -0.3 is 10.9 Å². The van der Waals surface area contributed by atoms with Crippen LogP contribution in [0.4, 0.5) is 0 Å². The molecule has 1 aliphatic carbocycles. The van der Waals surface area contributed by atoms with Crippen molar-refractivity contribution in [3.8, 4) is 0 Å². The lowest BCUT2D eigenvalue weighted by molar-refractivity contribution is 0.304. The summed E-state index contributed by atoms with van der Waals surface area (Å²) >= 11 is 0. The van der Waals surface area contributed by atoms with Crippen molar-refractivity contribution in [2.75, 3.05) is 13.1 Å². The van der Waals surface area contributed by atoms with E-state index >= 15 is 0 Å². The minimum absolute atomic E-state index is 0.0462. The molecule has 0 spiro atoms. The highest BCUT2D eigenvalue weighted by Crippen LogP contribution is 2.28. The summed E-state index contributed by atoms with van der Waals surface area (Å²) in [7, 11) is -3.64. The van der Waals surface area contributed by atoms with Gasteiger partial charge in [0.05, 0.1) is 5.54 Å². The van der Waals surface area contributed by atoms with E-state index in [9.17, 15) is 8.42 Å². The predicted octanol–water partition coefficient (Wildman–Crippen LogP) is 1.00. The summed E-state index contributed by atoms with van der Waals surface area (Å²) in [5.41, 5.74) is 4.83. The van der Waals surface area contributed by atoms with Crippen LogP contribution in [-0.4, -0.2) is 42.4 Å². The molecule has 0 atom stereocenters. The van der Waals surface area contributed by atoms with E-state index < -0.39 is 15.7 Å². The quantitative estimate of drug-likeness (QED) is 0.224. The topological polar surface area (TPSA) is 108 Å². The van der Waals surface area contributed by atoms with Gasteiger partial charge >= 0.3 is 0 Å². The van der Waals surface area contributed by atoms with E-state index in [1.807, 2.05) is 0 Å². The van der Waals surface area contributed by atoms with Crippen molar-refractivity contribution in [3.63, 3.8) is 0 Å². The maximum atomic E-state index is 12.4. The Kier molecular flexibility index (Phi) is 6.22. The number of amidine groups is 1.